The fraction of sp³-hybridized carbons (Fsp3) is 0.310. The first-order valence-corrected chi connectivity index (χ1v) is 15.8. The average Bonchev–Trinajstić information content (AvgIpc) is 3.53. The van der Waals surface area contributed by atoms with Gasteiger partial charge in [-0.2, -0.15) is 0 Å². The Morgan fingerprint density at radius 2 is 1.79 bits per heavy atom. The summed E-state index contributed by atoms with van der Waals surface area (Å²) in [5, 5.41) is 8.90. The topological polar surface area (TPSA) is 79.4 Å². The largest absolute Gasteiger partial charge is 0.466 e. The standard InChI is InChI=1S/C29H33FN6O2Si/c1-20-28(33-34-36(20)23-10-8-7-9-11-23)21-16-26-31-14-15-35(26)27(17-21)38-25(24-13-12-22(30)18-32-24)19-37-39(5,6)29(2,3)4/h7-18,25H,19H2,1-6H3. The molecular formula is C29H33FN6O2Si. The molecule has 0 aliphatic carbocycles. The van der Waals surface area contributed by atoms with Crippen LogP contribution in [-0.2, 0) is 4.43 Å². The molecule has 1 unspecified atom stereocenters. The van der Waals surface area contributed by atoms with E-state index < -0.39 is 20.2 Å². The van der Waals surface area contributed by atoms with Crippen LogP contribution in [0.4, 0.5) is 4.39 Å². The Hall–Kier alpha value is -3.89. The van der Waals surface area contributed by atoms with Crippen molar-refractivity contribution in [2.45, 2.75) is 51.9 Å². The summed E-state index contributed by atoms with van der Waals surface area (Å²) >= 11 is 0. The number of aromatic nitrogens is 6. The van der Waals surface area contributed by atoms with Gasteiger partial charge in [-0.15, -0.1) is 5.10 Å². The van der Waals surface area contributed by atoms with Crippen molar-refractivity contribution in [3.63, 3.8) is 0 Å². The second kappa shape index (κ2) is 10.3. The second-order valence-corrected chi connectivity index (χ2v) is 15.9. The smallest absolute Gasteiger partial charge is 0.200 e. The summed E-state index contributed by atoms with van der Waals surface area (Å²) in [7, 11) is -2.09. The quantitative estimate of drug-likeness (QED) is 0.206. The molecule has 0 aliphatic heterocycles. The van der Waals surface area contributed by atoms with Gasteiger partial charge in [0.25, 0.3) is 0 Å². The van der Waals surface area contributed by atoms with E-state index in [1.54, 1.807) is 12.3 Å². The summed E-state index contributed by atoms with van der Waals surface area (Å²) in [6, 6.07) is 16.8. The maximum atomic E-state index is 13.7. The molecule has 0 saturated heterocycles. The molecule has 10 heteroatoms. The van der Waals surface area contributed by atoms with Gasteiger partial charge in [0.2, 0.25) is 5.88 Å². The highest BCUT2D eigenvalue weighted by Gasteiger charge is 2.38. The molecule has 1 atom stereocenters. The normalized spacial score (nSPS) is 13.1. The number of para-hydroxylation sites is 1. The van der Waals surface area contributed by atoms with Gasteiger partial charge in [0.1, 0.15) is 17.2 Å². The fourth-order valence-electron chi connectivity index (χ4n) is 4.03. The molecule has 4 aromatic heterocycles. The highest BCUT2D eigenvalue weighted by molar-refractivity contribution is 6.74. The van der Waals surface area contributed by atoms with Gasteiger partial charge in [-0.3, -0.25) is 9.38 Å². The maximum absolute atomic E-state index is 13.7. The van der Waals surface area contributed by atoms with Crippen LogP contribution in [-0.4, -0.2) is 44.3 Å². The lowest BCUT2D eigenvalue weighted by molar-refractivity contribution is 0.112. The Balaban J connectivity index is 1.53. The van der Waals surface area contributed by atoms with E-state index in [1.165, 1.54) is 12.3 Å². The first kappa shape index (κ1) is 26.7. The molecule has 39 heavy (non-hydrogen) atoms. The van der Waals surface area contributed by atoms with E-state index in [4.69, 9.17) is 9.16 Å². The Labute approximate surface area is 228 Å². The van der Waals surface area contributed by atoms with Crippen LogP contribution in [0.25, 0.3) is 22.6 Å². The molecule has 0 spiro atoms. The molecule has 1 aromatic carbocycles. The zero-order valence-electron chi connectivity index (χ0n) is 23.1. The van der Waals surface area contributed by atoms with Crippen LogP contribution in [0.3, 0.4) is 0 Å². The second-order valence-electron chi connectivity index (χ2n) is 11.1. The van der Waals surface area contributed by atoms with Crippen molar-refractivity contribution in [3.8, 4) is 22.8 Å². The van der Waals surface area contributed by atoms with Crippen LogP contribution >= 0.6 is 0 Å². The van der Waals surface area contributed by atoms with Gasteiger partial charge in [0.15, 0.2) is 14.4 Å². The molecule has 0 amide bonds. The van der Waals surface area contributed by atoms with E-state index >= 15 is 0 Å². The van der Waals surface area contributed by atoms with Crippen molar-refractivity contribution in [3.05, 3.63) is 90.4 Å². The number of pyridine rings is 2. The number of hydrogen-bond acceptors (Lipinski definition) is 6. The molecule has 5 aromatic rings. The Morgan fingerprint density at radius 1 is 1.03 bits per heavy atom. The van der Waals surface area contributed by atoms with Gasteiger partial charge in [-0.05, 0) is 55.4 Å². The molecule has 5 rings (SSSR count). The Kier molecular flexibility index (Phi) is 7.08. The van der Waals surface area contributed by atoms with Gasteiger partial charge in [0, 0.05) is 24.0 Å². The molecule has 0 bridgehead atoms. The first-order valence-electron chi connectivity index (χ1n) is 12.9. The maximum Gasteiger partial charge on any atom is 0.200 e. The van der Waals surface area contributed by atoms with Crippen LogP contribution in [0.1, 0.15) is 38.3 Å². The Bertz CT molecular complexity index is 1580. The molecular weight excluding hydrogens is 511 g/mol. The number of rotatable bonds is 8. The van der Waals surface area contributed by atoms with Crippen LogP contribution in [0.5, 0.6) is 5.88 Å². The highest BCUT2D eigenvalue weighted by Crippen LogP contribution is 2.38. The lowest BCUT2D eigenvalue weighted by Crippen LogP contribution is -2.42. The van der Waals surface area contributed by atoms with Crippen molar-refractivity contribution in [1.29, 1.82) is 0 Å². The molecule has 0 N–H and O–H groups in total. The zero-order valence-corrected chi connectivity index (χ0v) is 24.1. The summed E-state index contributed by atoms with van der Waals surface area (Å²) < 4.78 is 30.5. The van der Waals surface area contributed by atoms with Crippen LogP contribution in [0, 0.1) is 12.7 Å². The van der Waals surface area contributed by atoms with Crippen molar-refractivity contribution in [2.75, 3.05) is 6.61 Å². The van der Waals surface area contributed by atoms with Crippen molar-refractivity contribution in [2.24, 2.45) is 0 Å². The van der Waals surface area contributed by atoms with E-state index in [1.807, 2.05) is 64.7 Å². The number of imidazole rings is 1. The lowest BCUT2D eigenvalue weighted by atomic mass is 10.1. The minimum Gasteiger partial charge on any atom is -0.466 e. The molecule has 4 heterocycles. The summed E-state index contributed by atoms with van der Waals surface area (Å²) in [5.74, 6) is 0.141. The number of nitrogens with zero attached hydrogens (tertiary/aromatic N) is 6. The van der Waals surface area contributed by atoms with Crippen molar-refractivity contribution < 1.29 is 13.6 Å². The summed E-state index contributed by atoms with van der Waals surface area (Å²) in [5.41, 5.74) is 4.65. The summed E-state index contributed by atoms with van der Waals surface area (Å²) in [4.78, 5) is 8.83. The predicted molar refractivity (Wildman–Crippen MR) is 151 cm³/mol. The highest BCUT2D eigenvalue weighted by atomic mass is 28.4. The van der Waals surface area contributed by atoms with Crippen LogP contribution in [0.15, 0.2) is 73.2 Å². The average molecular weight is 545 g/mol. The van der Waals surface area contributed by atoms with Gasteiger partial charge >= 0.3 is 0 Å². The van der Waals surface area contributed by atoms with E-state index in [9.17, 15) is 4.39 Å². The van der Waals surface area contributed by atoms with Gasteiger partial charge < -0.3 is 9.16 Å². The van der Waals surface area contributed by atoms with E-state index in [0.29, 0.717) is 17.2 Å². The number of hydrogen-bond donors (Lipinski definition) is 0. The van der Waals surface area contributed by atoms with Gasteiger partial charge in [-0.25, -0.2) is 14.1 Å². The molecule has 0 aliphatic rings. The fourth-order valence-corrected chi connectivity index (χ4v) is 5.03. The molecule has 8 nitrogen and oxygen atoms in total. The van der Waals surface area contributed by atoms with E-state index in [-0.39, 0.29) is 11.6 Å². The third-order valence-electron chi connectivity index (χ3n) is 7.38. The molecule has 0 saturated carbocycles. The predicted octanol–water partition coefficient (Wildman–Crippen LogP) is 6.57. The lowest BCUT2D eigenvalue weighted by Gasteiger charge is -2.37. The third-order valence-corrected chi connectivity index (χ3v) is 11.9. The number of ether oxygens (including phenoxy) is 1. The first-order chi connectivity index (χ1) is 18.5. The minimum atomic E-state index is -2.09. The zero-order chi connectivity index (χ0) is 27.8. The number of fused-ring (bicyclic) bond motifs is 1. The SMILES string of the molecule is Cc1c(-c2cc(OC(CO[Si](C)(C)C(C)(C)C)c3ccc(F)cn3)n3ccnc3c2)nnn1-c1ccccc1. The monoisotopic (exact) mass is 544 g/mol. The van der Waals surface area contributed by atoms with E-state index in [2.05, 4.69) is 54.1 Å². The van der Waals surface area contributed by atoms with Gasteiger partial charge in [0.05, 0.1) is 29.9 Å². The van der Waals surface area contributed by atoms with Crippen LogP contribution < -0.4 is 4.74 Å². The molecule has 0 fully saturated rings. The number of benzene rings is 1. The van der Waals surface area contributed by atoms with Gasteiger partial charge in [-0.1, -0.05) is 44.2 Å². The van der Waals surface area contributed by atoms with E-state index in [0.717, 1.165) is 22.6 Å². The summed E-state index contributed by atoms with van der Waals surface area (Å²) in [6.45, 7) is 13.2. The number of halogens is 1. The van der Waals surface area contributed by atoms with Crippen molar-refractivity contribution >= 4 is 14.0 Å². The minimum absolute atomic E-state index is 0.0212. The summed E-state index contributed by atoms with van der Waals surface area (Å²) in [6.07, 6.45) is 4.19. The van der Waals surface area contributed by atoms with Crippen LogP contribution in [0.2, 0.25) is 18.1 Å². The molecule has 0 radical (unpaired) electrons. The molecule has 202 valence electrons. The van der Waals surface area contributed by atoms with Crippen molar-refractivity contribution in [1.82, 2.24) is 29.4 Å². The Morgan fingerprint density at radius 3 is 2.49 bits per heavy atom. The third kappa shape index (κ3) is 5.48.